The van der Waals surface area contributed by atoms with Crippen LogP contribution in [0.3, 0.4) is 0 Å². The second kappa shape index (κ2) is 4.71. The average molecular weight is 283 g/mol. The van der Waals surface area contributed by atoms with Crippen molar-refractivity contribution in [2.45, 2.75) is 5.79 Å². The highest BCUT2D eigenvalue weighted by molar-refractivity contribution is 6.06. The molecular formula is C16H13NO4. The number of anilines is 1. The fourth-order valence-corrected chi connectivity index (χ4v) is 2.36. The summed E-state index contributed by atoms with van der Waals surface area (Å²) in [5.74, 6) is -3.70. The molecule has 0 aliphatic carbocycles. The molecule has 0 fully saturated rings. The van der Waals surface area contributed by atoms with E-state index in [1.54, 1.807) is 36.4 Å². The monoisotopic (exact) mass is 283 g/mol. The van der Waals surface area contributed by atoms with E-state index in [-0.39, 0.29) is 11.1 Å². The summed E-state index contributed by atoms with van der Waals surface area (Å²) in [6, 6.07) is 15.1. The van der Waals surface area contributed by atoms with Crippen LogP contribution in [0.1, 0.15) is 15.9 Å². The van der Waals surface area contributed by atoms with Gasteiger partial charge in [-0.2, -0.15) is 0 Å². The Morgan fingerprint density at radius 2 is 1.71 bits per heavy atom. The Bertz CT molecular complexity index is 713. The van der Waals surface area contributed by atoms with Gasteiger partial charge in [0.1, 0.15) is 0 Å². The highest BCUT2D eigenvalue weighted by Gasteiger charge is 2.51. The highest BCUT2D eigenvalue weighted by atomic mass is 16.7. The summed E-state index contributed by atoms with van der Waals surface area (Å²) < 4.78 is 4.95. The van der Waals surface area contributed by atoms with Crippen molar-refractivity contribution >= 4 is 17.6 Å². The first-order valence-electron chi connectivity index (χ1n) is 6.42. The molecule has 1 N–H and O–H groups in total. The molecule has 0 saturated heterocycles. The standard InChI is InChI=1S/C16H13NO4/c1-17(11-7-3-2-4-8-11)15(19)16(20)13-10-6-5-9-12(13)14(18)21-16/h2-10,20H,1H3. The molecule has 0 spiro atoms. The smallest absolute Gasteiger partial charge is 0.341 e. The third-order valence-corrected chi connectivity index (χ3v) is 3.49. The zero-order valence-corrected chi connectivity index (χ0v) is 11.3. The number of cyclic esters (lactones) is 1. The average Bonchev–Trinajstić information content (AvgIpc) is 2.80. The number of likely N-dealkylation sites (N-methyl/N-ethyl adjacent to an activating group) is 1. The quantitative estimate of drug-likeness (QED) is 0.851. The number of carbonyl (C=O) groups excluding carboxylic acids is 2. The summed E-state index contributed by atoms with van der Waals surface area (Å²) in [7, 11) is 1.52. The zero-order chi connectivity index (χ0) is 15.0. The minimum atomic E-state index is -2.28. The number of amides is 1. The molecule has 21 heavy (non-hydrogen) atoms. The molecule has 0 aromatic heterocycles. The molecule has 1 heterocycles. The minimum Gasteiger partial charge on any atom is -0.415 e. The van der Waals surface area contributed by atoms with Crippen molar-refractivity contribution in [1.29, 1.82) is 0 Å². The van der Waals surface area contributed by atoms with Gasteiger partial charge >= 0.3 is 17.7 Å². The predicted molar refractivity (Wildman–Crippen MR) is 75.6 cm³/mol. The van der Waals surface area contributed by atoms with Crippen molar-refractivity contribution in [3.8, 4) is 0 Å². The van der Waals surface area contributed by atoms with E-state index in [4.69, 9.17) is 4.74 Å². The van der Waals surface area contributed by atoms with Crippen LogP contribution in [-0.2, 0) is 15.3 Å². The number of aliphatic hydroxyl groups is 1. The summed E-state index contributed by atoms with van der Waals surface area (Å²) in [5.41, 5.74) is 0.967. The number of fused-ring (bicyclic) bond motifs is 1. The van der Waals surface area contributed by atoms with Crippen molar-refractivity contribution in [2.75, 3.05) is 11.9 Å². The fraction of sp³-hybridized carbons (Fsp3) is 0.125. The number of para-hydroxylation sites is 1. The number of hydrogen-bond acceptors (Lipinski definition) is 4. The molecular weight excluding hydrogens is 270 g/mol. The first kappa shape index (κ1) is 13.3. The van der Waals surface area contributed by atoms with Crippen LogP contribution in [0.4, 0.5) is 5.69 Å². The summed E-state index contributed by atoms with van der Waals surface area (Å²) in [5, 5.41) is 10.6. The molecule has 5 nitrogen and oxygen atoms in total. The van der Waals surface area contributed by atoms with Crippen molar-refractivity contribution in [1.82, 2.24) is 0 Å². The molecule has 1 unspecified atom stereocenters. The van der Waals surface area contributed by atoms with Gasteiger partial charge in [-0.1, -0.05) is 36.4 Å². The van der Waals surface area contributed by atoms with E-state index in [1.807, 2.05) is 6.07 Å². The van der Waals surface area contributed by atoms with E-state index in [2.05, 4.69) is 0 Å². The fourth-order valence-electron chi connectivity index (χ4n) is 2.36. The van der Waals surface area contributed by atoms with E-state index in [1.165, 1.54) is 24.1 Å². The van der Waals surface area contributed by atoms with Gasteiger partial charge in [0.05, 0.1) is 5.56 Å². The van der Waals surface area contributed by atoms with E-state index in [9.17, 15) is 14.7 Å². The molecule has 3 rings (SSSR count). The van der Waals surface area contributed by atoms with Crippen LogP contribution >= 0.6 is 0 Å². The highest BCUT2D eigenvalue weighted by Crippen LogP contribution is 2.36. The Balaban J connectivity index is 2.01. The molecule has 1 aliphatic heterocycles. The van der Waals surface area contributed by atoms with E-state index < -0.39 is 17.7 Å². The van der Waals surface area contributed by atoms with Crippen LogP contribution in [0.15, 0.2) is 54.6 Å². The van der Waals surface area contributed by atoms with Crippen molar-refractivity contribution < 1.29 is 19.4 Å². The van der Waals surface area contributed by atoms with Crippen molar-refractivity contribution in [3.63, 3.8) is 0 Å². The topological polar surface area (TPSA) is 66.8 Å². The molecule has 1 aliphatic rings. The molecule has 0 bridgehead atoms. The van der Waals surface area contributed by atoms with Gasteiger partial charge < -0.3 is 14.7 Å². The van der Waals surface area contributed by atoms with Gasteiger partial charge in [-0.3, -0.25) is 4.79 Å². The summed E-state index contributed by atoms with van der Waals surface area (Å²) in [6.45, 7) is 0. The number of ether oxygens (including phenoxy) is 1. The van der Waals surface area contributed by atoms with E-state index >= 15 is 0 Å². The number of hydrogen-bond donors (Lipinski definition) is 1. The first-order valence-corrected chi connectivity index (χ1v) is 6.42. The summed E-state index contributed by atoms with van der Waals surface area (Å²) in [6.07, 6.45) is 0. The molecule has 0 saturated carbocycles. The number of carbonyl (C=O) groups is 2. The van der Waals surface area contributed by atoms with Crippen LogP contribution in [0.5, 0.6) is 0 Å². The summed E-state index contributed by atoms with van der Waals surface area (Å²) in [4.78, 5) is 25.6. The number of benzene rings is 2. The minimum absolute atomic E-state index is 0.169. The maximum Gasteiger partial charge on any atom is 0.341 e. The molecule has 0 radical (unpaired) electrons. The van der Waals surface area contributed by atoms with E-state index in [0.717, 1.165) is 0 Å². The lowest BCUT2D eigenvalue weighted by Gasteiger charge is -2.27. The number of nitrogens with zero attached hydrogens (tertiary/aromatic N) is 1. The maximum absolute atomic E-state index is 12.6. The van der Waals surface area contributed by atoms with Gasteiger partial charge in [0.25, 0.3) is 0 Å². The maximum atomic E-state index is 12.6. The second-order valence-electron chi connectivity index (χ2n) is 4.78. The Morgan fingerprint density at radius 3 is 2.43 bits per heavy atom. The third-order valence-electron chi connectivity index (χ3n) is 3.49. The molecule has 106 valence electrons. The Hall–Kier alpha value is -2.66. The number of esters is 1. The lowest BCUT2D eigenvalue weighted by Crippen LogP contribution is -2.45. The molecule has 2 aromatic carbocycles. The Morgan fingerprint density at radius 1 is 1.10 bits per heavy atom. The second-order valence-corrected chi connectivity index (χ2v) is 4.78. The van der Waals surface area contributed by atoms with E-state index in [0.29, 0.717) is 5.69 Å². The first-order chi connectivity index (χ1) is 10.0. The zero-order valence-electron chi connectivity index (χ0n) is 11.3. The van der Waals surface area contributed by atoms with Gasteiger partial charge in [-0.15, -0.1) is 0 Å². The largest absolute Gasteiger partial charge is 0.415 e. The lowest BCUT2D eigenvalue weighted by molar-refractivity contribution is -0.182. The van der Waals surface area contributed by atoms with Crippen LogP contribution < -0.4 is 4.90 Å². The SMILES string of the molecule is CN(C(=O)C1(O)OC(=O)c2ccccc21)c1ccccc1. The summed E-state index contributed by atoms with van der Waals surface area (Å²) >= 11 is 0. The van der Waals surface area contributed by atoms with Crippen LogP contribution in [-0.4, -0.2) is 24.0 Å². The van der Waals surface area contributed by atoms with Crippen LogP contribution in [0.2, 0.25) is 0 Å². The van der Waals surface area contributed by atoms with Gasteiger partial charge in [-0.05, 0) is 18.2 Å². The van der Waals surface area contributed by atoms with Gasteiger partial charge in [0.15, 0.2) is 0 Å². The van der Waals surface area contributed by atoms with Gasteiger partial charge in [0, 0.05) is 18.3 Å². The molecule has 1 amide bonds. The van der Waals surface area contributed by atoms with Crippen molar-refractivity contribution in [2.24, 2.45) is 0 Å². The molecule has 5 heteroatoms. The van der Waals surface area contributed by atoms with Crippen molar-refractivity contribution in [3.05, 3.63) is 65.7 Å². The lowest BCUT2D eigenvalue weighted by atomic mass is 10.0. The van der Waals surface area contributed by atoms with Crippen LogP contribution in [0, 0.1) is 0 Å². The Kier molecular flexibility index (Phi) is 2.99. The normalized spacial score (nSPS) is 19.8. The number of rotatable bonds is 2. The molecule has 2 aromatic rings. The van der Waals surface area contributed by atoms with Gasteiger partial charge in [0.2, 0.25) is 0 Å². The molecule has 1 atom stereocenters. The third kappa shape index (κ3) is 1.98. The van der Waals surface area contributed by atoms with Gasteiger partial charge in [-0.25, -0.2) is 4.79 Å². The van der Waals surface area contributed by atoms with Crippen LogP contribution in [0.25, 0.3) is 0 Å². The Labute approximate surface area is 121 Å². The predicted octanol–water partition coefficient (Wildman–Crippen LogP) is 1.67.